The van der Waals surface area contributed by atoms with Crippen molar-refractivity contribution in [3.63, 3.8) is 0 Å². The molecule has 2 rings (SSSR count). The van der Waals surface area contributed by atoms with E-state index in [1.807, 2.05) is 0 Å². The maximum Gasteiger partial charge on any atom is 0.405 e. The van der Waals surface area contributed by atoms with Gasteiger partial charge in [-0.15, -0.1) is 0 Å². The molecule has 2 aliphatic rings. The summed E-state index contributed by atoms with van der Waals surface area (Å²) < 4.78 is 11.1. The Morgan fingerprint density at radius 1 is 1.37 bits per heavy atom. The molecule has 1 aliphatic carbocycles. The Morgan fingerprint density at radius 2 is 2.00 bits per heavy atom. The molecule has 1 aliphatic heterocycles. The van der Waals surface area contributed by atoms with Gasteiger partial charge in [0.05, 0.1) is 6.61 Å². The molecule has 0 bridgehead atoms. The molecule has 7 heteroatoms. The predicted molar refractivity (Wildman–Crippen MR) is 64.6 cm³/mol. The first-order chi connectivity index (χ1) is 9.01. The number of hydrogen-bond acceptors (Lipinski definition) is 5. The van der Waals surface area contributed by atoms with Gasteiger partial charge in [-0.2, -0.15) is 0 Å². The standard InChI is InChI=1S/C12H21NO6/c1-18-12(7-4-2-3-5-7)10(13-11(16)17)9(15)8(14)6-19-12/h7-10,13-15H,2-6H2,1H3,(H,16,17)/t8?,9?,10-,12?/m1/s1. The monoisotopic (exact) mass is 275 g/mol. The van der Waals surface area contributed by atoms with Gasteiger partial charge in [0.15, 0.2) is 5.79 Å². The van der Waals surface area contributed by atoms with E-state index in [0.29, 0.717) is 0 Å². The van der Waals surface area contributed by atoms with Crippen LogP contribution in [-0.2, 0) is 9.47 Å². The number of aliphatic hydroxyl groups is 2. The molecule has 0 radical (unpaired) electrons. The van der Waals surface area contributed by atoms with E-state index < -0.39 is 30.1 Å². The van der Waals surface area contributed by atoms with Crippen LogP contribution in [0.3, 0.4) is 0 Å². The molecular weight excluding hydrogens is 254 g/mol. The number of rotatable bonds is 3. The minimum atomic E-state index is -1.28. The van der Waals surface area contributed by atoms with Gasteiger partial charge >= 0.3 is 6.09 Å². The van der Waals surface area contributed by atoms with Crippen molar-refractivity contribution in [2.24, 2.45) is 5.92 Å². The summed E-state index contributed by atoms with van der Waals surface area (Å²) >= 11 is 0. The second-order valence-corrected chi connectivity index (χ2v) is 5.20. The van der Waals surface area contributed by atoms with Gasteiger partial charge in [-0.05, 0) is 12.8 Å². The van der Waals surface area contributed by atoms with E-state index in [9.17, 15) is 15.0 Å². The molecule has 4 N–H and O–H groups in total. The highest BCUT2D eigenvalue weighted by Crippen LogP contribution is 2.42. The third-order valence-corrected chi connectivity index (χ3v) is 4.17. The van der Waals surface area contributed by atoms with E-state index in [0.717, 1.165) is 25.7 Å². The molecule has 1 saturated heterocycles. The van der Waals surface area contributed by atoms with E-state index in [-0.39, 0.29) is 12.5 Å². The van der Waals surface area contributed by atoms with Crippen LogP contribution >= 0.6 is 0 Å². The van der Waals surface area contributed by atoms with Crippen LogP contribution in [0.2, 0.25) is 0 Å². The number of methoxy groups -OCH3 is 1. The van der Waals surface area contributed by atoms with Gasteiger partial charge in [-0.3, -0.25) is 0 Å². The fourth-order valence-corrected chi connectivity index (χ4v) is 3.24. The van der Waals surface area contributed by atoms with Gasteiger partial charge in [0.2, 0.25) is 0 Å². The Hall–Kier alpha value is -0.890. The summed E-state index contributed by atoms with van der Waals surface area (Å²) in [5, 5.41) is 30.9. The topological polar surface area (TPSA) is 108 Å². The predicted octanol–water partition coefficient (Wildman–Crippen LogP) is -0.0925. The van der Waals surface area contributed by atoms with Crippen molar-refractivity contribution >= 4 is 6.09 Å². The maximum absolute atomic E-state index is 10.9. The van der Waals surface area contributed by atoms with Crippen LogP contribution in [0, 0.1) is 5.92 Å². The summed E-state index contributed by atoms with van der Waals surface area (Å²) in [7, 11) is 1.44. The second kappa shape index (κ2) is 5.62. The van der Waals surface area contributed by atoms with E-state index in [4.69, 9.17) is 14.6 Å². The zero-order valence-corrected chi connectivity index (χ0v) is 10.9. The molecule has 19 heavy (non-hydrogen) atoms. The smallest absolute Gasteiger partial charge is 0.405 e. The van der Waals surface area contributed by atoms with Gasteiger partial charge in [0, 0.05) is 13.0 Å². The molecule has 2 fully saturated rings. The lowest BCUT2D eigenvalue weighted by Gasteiger charge is -2.49. The van der Waals surface area contributed by atoms with Crippen LogP contribution in [0.15, 0.2) is 0 Å². The van der Waals surface area contributed by atoms with Gasteiger partial charge < -0.3 is 30.1 Å². The Kier molecular flexibility index (Phi) is 4.29. The maximum atomic E-state index is 10.9. The summed E-state index contributed by atoms with van der Waals surface area (Å²) in [6.07, 6.45) is 0.117. The molecule has 0 spiro atoms. The molecular formula is C12H21NO6. The lowest BCUT2D eigenvalue weighted by Crippen LogP contribution is -2.70. The highest BCUT2D eigenvalue weighted by Gasteiger charge is 2.56. The van der Waals surface area contributed by atoms with Crippen LogP contribution in [-0.4, -0.2) is 59.2 Å². The summed E-state index contributed by atoms with van der Waals surface area (Å²) in [4.78, 5) is 10.9. The molecule has 0 aromatic carbocycles. The zero-order chi connectivity index (χ0) is 14.0. The molecule has 0 aromatic heterocycles. The molecule has 3 unspecified atom stereocenters. The van der Waals surface area contributed by atoms with Crippen LogP contribution in [0.1, 0.15) is 25.7 Å². The average Bonchev–Trinajstić information content (AvgIpc) is 2.90. The van der Waals surface area contributed by atoms with Gasteiger partial charge in [0.25, 0.3) is 0 Å². The first-order valence-corrected chi connectivity index (χ1v) is 6.56. The molecule has 1 saturated carbocycles. The van der Waals surface area contributed by atoms with Gasteiger partial charge in [-0.1, -0.05) is 12.8 Å². The third-order valence-electron chi connectivity index (χ3n) is 4.17. The zero-order valence-electron chi connectivity index (χ0n) is 10.9. The highest BCUT2D eigenvalue weighted by molar-refractivity contribution is 5.65. The van der Waals surface area contributed by atoms with Gasteiger partial charge in [0.1, 0.15) is 18.2 Å². The molecule has 1 heterocycles. The first kappa shape index (κ1) is 14.5. The van der Waals surface area contributed by atoms with Crippen molar-refractivity contribution in [3.8, 4) is 0 Å². The second-order valence-electron chi connectivity index (χ2n) is 5.20. The van der Waals surface area contributed by atoms with E-state index in [2.05, 4.69) is 5.32 Å². The molecule has 110 valence electrons. The fourth-order valence-electron chi connectivity index (χ4n) is 3.24. The van der Waals surface area contributed by atoms with Crippen LogP contribution in [0.5, 0.6) is 0 Å². The van der Waals surface area contributed by atoms with Crippen LogP contribution in [0.4, 0.5) is 4.79 Å². The minimum Gasteiger partial charge on any atom is -0.465 e. The summed E-state index contributed by atoms with van der Waals surface area (Å²) in [5.74, 6) is -1.19. The first-order valence-electron chi connectivity index (χ1n) is 6.56. The van der Waals surface area contributed by atoms with E-state index in [1.54, 1.807) is 0 Å². The highest BCUT2D eigenvalue weighted by atomic mass is 16.7. The van der Waals surface area contributed by atoms with Crippen molar-refractivity contribution in [1.29, 1.82) is 0 Å². The third kappa shape index (κ3) is 2.55. The number of carboxylic acid groups (broad SMARTS) is 1. The van der Waals surface area contributed by atoms with Crippen molar-refractivity contribution in [2.45, 2.75) is 49.7 Å². The van der Waals surface area contributed by atoms with Crippen molar-refractivity contribution in [2.75, 3.05) is 13.7 Å². The molecule has 4 atom stereocenters. The summed E-state index contributed by atoms with van der Waals surface area (Å²) in [6.45, 7) is -0.0662. The minimum absolute atomic E-state index is 0.0106. The number of carbonyl (C=O) groups is 1. The van der Waals surface area contributed by atoms with E-state index >= 15 is 0 Å². The van der Waals surface area contributed by atoms with Gasteiger partial charge in [-0.25, -0.2) is 4.79 Å². The number of hydrogen-bond donors (Lipinski definition) is 4. The quantitative estimate of drug-likeness (QED) is 0.573. The Balaban J connectivity index is 2.28. The average molecular weight is 275 g/mol. The molecule has 0 aromatic rings. The largest absolute Gasteiger partial charge is 0.465 e. The number of aliphatic hydroxyl groups excluding tert-OH is 2. The Bertz CT molecular complexity index is 332. The molecule has 1 amide bonds. The van der Waals surface area contributed by atoms with Crippen molar-refractivity contribution in [1.82, 2.24) is 5.32 Å². The lowest BCUT2D eigenvalue weighted by atomic mass is 9.83. The van der Waals surface area contributed by atoms with Crippen molar-refractivity contribution in [3.05, 3.63) is 0 Å². The van der Waals surface area contributed by atoms with E-state index in [1.165, 1.54) is 7.11 Å². The van der Waals surface area contributed by atoms with Crippen LogP contribution < -0.4 is 5.32 Å². The summed E-state index contributed by atoms with van der Waals surface area (Å²) in [6, 6.07) is -0.998. The lowest BCUT2D eigenvalue weighted by molar-refractivity contribution is -0.318. The van der Waals surface area contributed by atoms with Crippen molar-refractivity contribution < 1.29 is 29.6 Å². The fraction of sp³-hybridized carbons (Fsp3) is 0.917. The Labute approximate surface area is 111 Å². The van der Waals surface area contributed by atoms with Crippen LogP contribution in [0.25, 0.3) is 0 Å². The Morgan fingerprint density at radius 3 is 2.53 bits per heavy atom. The molecule has 7 nitrogen and oxygen atoms in total. The number of amides is 1. The number of ether oxygens (including phenoxy) is 2. The normalized spacial score (nSPS) is 40.3. The summed E-state index contributed by atoms with van der Waals surface area (Å²) in [5.41, 5.74) is 0. The SMILES string of the molecule is COC1(C2CCCC2)OCC(O)C(O)[C@H]1NC(=O)O. The number of nitrogens with one attached hydrogen (secondary N) is 1.